The monoisotopic (exact) mass is 217 g/mol. The summed E-state index contributed by atoms with van der Waals surface area (Å²) in [5, 5.41) is 0. The maximum Gasteiger partial charge on any atom is -0.0195 e. The molecular formula is C14H35N. The summed E-state index contributed by atoms with van der Waals surface area (Å²) < 4.78 is 0. The van der Waals surface area contributed by atoms with Gasteiger partial charge in [-0.15, -0.1) is 0 Å². The van der Waals surface area contributed by atoms with Gasteiger partial charge in [-0.1, -0.05) is 60.1 Å². The van der Waals surface area contributed by atoms with E-state index in [0.717, 1.165) is 5.92 Å². The number of nitrogens with two attached hydrogens (primary N) is 1. The molecule has 1 nitrogen and oxygen atoms in total. The van der Waals surface area contributed by atoms with E-state index in [1.54, 1.807) is 5.57 Å². The van der Waals surface area contributed by atoms with E-state index in [1.807, 2.05) is 27.7 Å². The van der Waals surface area contributed by atoms with Crippen LogP contribution >= 0.6 is 0 Å². The van der Waals surface area contributed by atoms with E-state index in [-0.39, 0.29) is 0 Å². The van der Waals surface area contributed by atoms with Crippen molar-refractivity contribution < 1.29 is 0 Å². The summed E-state index contributed by atoms with van der Waals surface area (Å²) in [5.41, 5.74) is 6.09. The zero-order valence-electron chi connectivity index (χ0n) is 12.6. The number of hydrogen-bond donors (Lipinski definition) is 1. The zero-order valence-corrected chi connectivity index (χ0v) is 12.6. The second-order valence-electron chi connectivity index (χ2n) is 2.90. The third-order valence-electron chi connectivity index (χ3n) is 1.53. The molecule has 0 saturated heterocycles. The Bertz CT molecular complexity index is 93.5. The molecule has 0 aromatic carbocycles. The van der Waals surface area contributed by atoms with Crippen LogP contribution in [0.4, 0.5) is 0 Å². The van der Waals surface area contributed by atoms with Crippen LogP contribution in [0.3, 0.4) is 0 Å². The first-order chi connectivity index (χ1) is 7.20. The van der Waals surface area contributed by atoms with Gasteiger partial charge in [-0.25, -0.2) is 0 Å². The van der Waals surface area contributed by atoms with Crippen LogP contribution in [-0.2, 0) is 0 Å². The van der Waals surface area contributed by atoms with Gasteiger partial charge in [-0.05, 0) is 32.7 Å². The van der Waals surface area contributed by atoms with Gasteiger partial charge in [0, 0.05) is 0 Å². The van der Waals surface area contributed by atoms with Gasteiger partial charge in [0.2, 0.25) is 0 Å². The van der Waals surface area contributed by atoms with Crippen molar-refractivity contribution in [2.75, 3.05) is 7.05 Å². The molecule has 0 aliphatic rings. The van der Waals surface area contributed by atoms with Crippen LogP contribution < -0.4 is 5.73 Å². The Balaban J connectivity index is -0.0000000860. The Labute approximate surface area is 99.2 Å². The van der Waals surface area contributed by atoms with Crippen molar-refractivity contribution >= 4 is 0 Å². The van der Waals surface area contributed by atoms with Crippen molar-refractivity contribution in [2.45, 2.75) is 68.2 Å². The predicted molar refractivity (Wildman–Crippen MR) is 76.3 cm³/mol. The Hall–Kier alpha value is -0.300. The lowest BCUT2D eigenvalue weighted by molar-refractivity contribution is 0.629. The van der Waals surface area contributed by atoms with Gasteiger partial charge in [-0.3, -0.25) is 0 Å². The highest BCUT2D eigenvalue weighted by atomic mass is 14.4. The van der Waals surface area contributed by atoms with Crippen molar-refractivity contribution in [1.29, 1.82) is 0 Å². The lowest BCUT2D eigenvalue weighted by atomic mass is 10.0. The molecule has 1 heteroatoms. The summed E-state index contributed by atoms with van der Waals surface area (Å²) in [6.07, 6.45) is 4.72. The number of hydrogen-bond acceptors (Lipinski definition) is 1. The van der Waals surface area contributed by atoms with Crippen LogP contribution in [0.1, 0.15) is 68.2 Å². The van der Waals surface area contributed by atoms with Gasteiger partial charge < -0.3 is 5.73 Å². The van der Waals surface area contributed by atoms with E-state index in [9.17, 15) is 0 Å². The van der Waals surface area contributed by atoms with Gasteiger partial charge in [0.05, 0.1) is 0 Å². The molecule has 0 bridgehead atoms. The molecule has 0 heterocycles. The van der Waals surface area contributed by atoms with Crippen molar-refractivity contribution in [3.63, 3.8) is 0 Å². The Kier molecular flexibility index (Phi) is 46.9. The van der Waals surface area contributed by atoms with Crippen molar-refractivity contribution in [2.24, 2.45) is 11.7 Å². The van der Waals surface area contributed by atoms with Crippen LogP contribution in [0.15, 0.2) is 11.6 Å². The van der Waals surface area contributed by atoms with Gasteiger partial charge in [0.25, 0.3) is 0 Å². The predicted octanol–water partition coefficient (Wildman–Crippen LogP) is 5.02. The van der Waals surface area contributed by atoms with E-state index in [4.69, 9.17) is 0 Å². The van der Waals surface area contributed by atoms with E-state index >= 15 is 0 Å². The molecule has 2 N–H and O–H groups in total. The molecule has 0 unspecified atom stereocenters. The topological polar surface area (TPSA) is 26.0 Å². The molecule has 0 radical (unpaired) electrons. The maximum atomic E-state index is 4.50. The second-order valence-corrected chi connectivity index (χ2v) is 2.90. The number of allylic oxidation sites excluding steroid dienone is 2. The largest absolute Gasteiger partial charge is 0.333 e. The van der Waals surface area contributed by atoms with Crippen LogP contribution in [0.5, 0.6) is 0 Å². The fourth-order valence-corrected chi connectivity index (χ4v) is 0.991. The van der Waals surface area contributed by atoms with E-state index in [0.29, 0.717) is 0 Å². The lowest BCUT2D eigenvalue weighted by Gasteiger charge is -2.05. The highest BCUT2D eigenvalue weighted by Crippen LogP contribution is 2.12. The quantitative estimate of drug-likeness (QED) is 0.660. The molecular weight excluding hydrogens is 182 g/mol. The molecule has 0 saturated carbocycles. The van der Waals surface area contributed by atoms with Crippen LogP contribution in [0, 0.1) is 5.92 Å². The Morgan fingerprint density at radius 3 is 1.47 bits per heavy atom. The van der Waals surface area contributed by atoms with Crippen LogP contribution in [-0.4, -0.2) is 7.05 Å². The fraction of sp³-hybridized carbons (Fsp3) is 0.857. The first kappa shape index (κ1) is 24.1. The summed E-state index contributed by atoms with van der Waals surface area (Å²) in [7, 11) is 1.50. The minimum absolute atomic E-state index is 0.816. The minimum Gasteiger partial charge on any atom is -0.333 e. The van der Waals surface area contributed by atoms with Gasteiger partial charge in [0.1, 0.15) is 0 Å². The summed E-state index contributed by atoms with van der Waals surface area (Å²) >= 11 is 0. The van der Waals surface area contributed by atoms with Crippen LogP contribution in [0.2, 0.25) is 0 Å². The van der Waals surface area contributed by atoms with Crippen molar-refractivity contribution in [3.05, 3.63) is 11.6 Å². The molecule has 0 fully saturated rings. The summed E-state index contributed by atoms with van der Waals surface area (Å²) in [4.78, 5) is 0. The third-order valence-corrected chi connectivity index (χ3v) is 1.53. The molecule has 0 atom stereocenters. The molecule has 0 rings (SSSR count). The second kappa shape index (κ2) is 29.2. The first-order valence-electron chi connectivity index (χ1n) is 6.42. The SMILES string of the molecule is C/C=C(/CC)CC(C)C.CC.CC.CN. The molecule has 0 amide bonds. The molecule has 96 valence electrons. The van der Waals surface area contributed by atoms with Gasteiger partial charge in [0.15, 0.2) is 0 Å². The van der Waals surface area contributed by atoms with Gasteiger partial charge in [-0.2, -0.15) is 0 Å². The lowest BCUT2D eigenvalue weighted by Crippen LogP contribution is -1.89. The number of rotatable bonds is 3. The average Bonchev–Trinajstić information content (AvgIpc) is 2.33. The molecule has 0 spiro atoms. The zero-order chi connectivity index (χ0) is 13.3. The first-order valence-corrected chi connectivity index (χ1v) is 6.42. The third kappa shape index (κ3) is 31.6. The van der Waals surface area contributed by atoms with Gasteiger partial charge >= 0.3 is 0 Å². The van der Waals surface area contributed by atoms with Crippen molar-refractivity contribution in [1.82, 2.24) is 0 Å². The highest BCUT2D eigenvalue weighted by molar-refractivity contribution is 4.99. The standard InChI is InChI=1S/C9H18.2C2H6.CH5N/c1-5-9(6-2)7-8(3)4;3*1-2/h5,8H,6-7H2,1-4H3;2*1-2H3;2H2,1H3/b9-5-;;;. The molecule has 0 aromatic heterocycles. The Morgan fingerprint density at radius 1 is 1.07 bits per heavy atom. The summed E-state index contributed by atoms with van der Waals surface area (Å²) in [6, 6.07) is 0. The van der Waals surface area contributed by atoms with E-state index in [2.05, 4.69) is 39.5 Å². The smallest absolute Gasteiger partial charge is 0.0195 e. The fourth-order valence-electron chi connectivity index (χ4n) is 0.991. The summed E-state index contributed by atoms with van der Waals surface area (Å²) in [5.74, 6) is 0.816. The van der Waals surface area contributed by atoms with E-state index < -0.39 is 0 Å². The molecule has 15 heavy (non-hydrogen) atoms. The summed E-state index contributed by atoms with van der Waals surface area (Å²) in [6.45, 7) is 16.9. The van der Waals surface area contributed by atoms with Crippen LogP contribution in [0.25, 0.3) is 0 Å². The average molecular weight is 217 g/mol. The van der Waals surface area contributed by atoms with E-state index in [1.165, 1.54) is 19.9 Å². The molecule has 0 aliphatic carbocycles. The molecule has 0 aromatic rings. The minimum atomic E-state index is 0.816. The normalized spacial score (nSPS) is 8.87. The highest BCUT2D eigenvalue weighted by Gasteiger charge is 1.95. The maximum absolute atomic E-state index is 4.50. The Morgan fingerprint density at radius 2 is 1.40 bits per heavy atom. The van der Waals surface area contributed by atoms with Crippen molar-refractivity contribution in [3.8, 4) is 0 Å². The molecule has 0 aliphatic heterocycles.